The molecule has 0 aliphatic carbocycles. The van der Waals surface area contributed by atoms with Crippen molar-refractivity contribution in [2.24, 2.45) is 11.3 Å². The fraction of sp³-hybridized carbons (Fsp3) is 0.733. The second-order valence-electron chi connectivity index (χ2n) is 6.43. The van der Waals surface area contributed by atoms with Crippen molar-refractivity contribution in [1.82, 2.24) is 15.1 Å². The second-order valence-corrected chi connectivity index (χ2v) is 6.79. The Morgan fingerprint density at radius 3 is 2.48 bits per heavy atom. The third kappa shape index (κ3) is 3.98. The molecule has 0 bridgehead atoms. The van der Waals surface area contributed by atoms with Gasteiger partial charge in [0.1, 0.15) is 5.15 Å². The molecule has 120 valence electrons. The number of halogens is 1. The van der Waals surface area contributed by atoms with Crippen LogP contribution in [0.5, 0.6) is 0 Å². The van der Waals surface area contributed by atoms with Crippen molar-refractivity contribution in [3.8, 4) is 0 Å². The molecule has 1 rings (SSSR count). The van der Waals surface area contributed by atoms with Gasteiger partial charge in [-0.15, -0.1) is 0 Å². The van der Waals surface area contributed by atoms with E-state index < -0.39 is 11.5 Å². The molecule has 0 radical (unpaired) electrons. The molecule has 0 saturated carbocycles. The summed E-state index contributed by atoms with van der Waals surface area (Å²) in [6.45, 7) is 12.5. The first kappa shape index (κ1) is 18.0. The van der Waals surface area contributed by atoms with Gasteiger partial charge in [0.2, 0.25) is 0 Å². The van der Waals surface area contributed by atoms with Crippen LogP contribution in [0.25, 0.3) is 0 Å². The number of nitrogens with zero attached hydrogens (tertiary/aromatic N) is 2. The summed E-state index contributed by atoms with van der Waals surface area (Å²) < 4.78 is 1.60. The van der Waals surface area contributed by atoms with Crippen LogP contribution in [0.1, 0.15) is 50.7 Å². The molecule has 0 fully saturated rings. The topological polar surface area (TPSA) is 67.2 Å². The summed E-state index contributed by atoms with van der Waals surface area (Å²) in [5, 5.41) is 17.6. The van der Waals surface area contributed by atoms with E-state index in [1.54, 1.807) is 11.6 Å². The van der Waals surface area contributed by atoms with Crippen molar-refractivity contribution in [3.05, 3.63) is 16.4 Å². The molecule has 1 aromatic rings. The molecule has 21 heavy (non-hydrogen) atoms. The van der Waals surface area contributed by atoms with Crippen LogP contribution in [-0.4, -0.2) is 33.4 Å². The molecule has 0 spiro atoms. The maximum atomic E-state index is 12.3. The van der Waals surface area contributed by atoms with Gasteiger partial charge in [0, 0.05) is 18.5 Å². The lowest BCUT2D eigenvalue weighted by atomic mass is 9.80. The molecule has 0 saturated heterocycles. The Morgan fingerprint density at radius 2 is 2.05 bits per heavy atom. The Hall–Kier alpha value is -1.07. The van der Waals surface area contributed by atoms with Gasteiger partial charge in [0.15, 0.2) is 0 Å². The third-order valence-electron chi connectivity index (χ3n) is 3.73. The number of carbonyl (C=O) groups is 1. The maximum absolute atomic E-state index is 12.3. The van der Waals surface area contributed by atoms with E-state index in [1.807, 2.05) is 34.6 Å². The molecule has 0 aliphatic heterocycles. The van der Waals surface area contributed by atoms with E-state index in [4.69, 9.17) is 11.6 Å². The number of hydrogen-bond donors (Lipinski definition) is 2. The summed E-state index contributed by atoms with van der Waals surface area (Å²) >= 11 is 6.18. The Morgan fingerprint density at radius 1 is 1.48 bits per heavy atom. The number of nitrogens with one attached hydrogen (secondary N) is 1. The summed E-state index contributed by atoms with van der Waals surface area (Å²) in [7, 11) is 0. The van der Waals surface area contributed by atoms with Crippen LogP contribution in [0, 0.1) is 18.3 Å². The Bertz CT molecular complexity index is 509. The number of rotatable bonds is 6. The molecule has 1 aromatic heterocycles. The van der Waals surface area contributed by atoms with Gasteiger partial charge < -0.3 is 10.4 Å². The van der Waals surface area contributed by atoms with Gasteiger partial charge in [0.05, 0.1) is 17.4 Å². The van der Waals surface area contributed by atoms with Gasteiger partial charge in [-0.3, -0.25) is 9.48 Å². The van der Waals surface area contributed by atoms with Crippen molar-refractivity contribution in [2.75, 3.05) is 6.54 Å². The van der Waals surface area contributed by atoms with Crippen molar-refractivity contribution in [1.29, 1.82) is 0 Å². The van der Waals surface area contributed by atoms with Crippen LogP contribution >= 0.6 is 11.6 Å². The fourth-order valence-electron chi connectivity index (χ4n) is 2.42. The quantitative estimate of drug-likeness (QED) is 0.848. The largest absolute Gasteiger partial charge is 0.392 e. The summed E-state index contributed by atoms with van der Waals surface area (Å²) in [4.78, 5) is 12.3. The van der Waals surface area contributed by atoms with Gasteiger partial charge in [-0.05, 0) is 19.8 Å². The highest BCUT2D eigenvalue weighted by Crippen LogP contribution is 2.26. The number of amides is 1. The molecule has 6 heteroatoms. The number of aromatic nitrogens is 2. The smallest absolute Gasteiger partial charge is 0.256 e. The average molecular weight is 316 g/mol. The maximum Gasteiger partial charge on any atom is 0.256 e. The molecule has 5 nitrogen and oxygen atoms in total. The predicted octanol–water partition coefficient (Wildman–Crippen LogP) is 2.64. The van der Waals surface area contributed by atoms with Gasteiger partial charge in [-0.2, -0.15) is 5.10 Å². The first-order valence-corrected chi connectivity index (χ1v) is 7.68. The Balaban J connectivity index is 2.81. The lowest BCUT2D eigenvalue weighted by Gasteiger charge is -2.33. The monoisotopic (exact) mass is 315 g/mol. The summed E-state index contributed by atoms with van der Waals surface area (Å²) in [5.74, 6) is -0.119. The average Bonchev–Trinajstić information content (AvgIpc) is 2.69. The number of aliphatic hydroxyl groups excluding tert-OH is 1. The predicted molar refractivity (Wildman–Crippen MR) is 84.6 cm³/mol. The zero-order valence-corrected chi connectivity index (χ0v) is 14.5. The van der Waals surface area contributed by atoms with Crippen molar-refractivity contribution < 1.29 is 9.90 Å². The van der Waals surface area contributed by atoms with E-state index in [1.165, 1.54) is 0 Å². The van der Waals surface area contributed by atoms with E-state index in [0.29, 0.717) is 29.5 Å². The molecule has 1 unspecified atom stereocenters. The van der Waals surface area contributed by atoms with E-state index in [0.717, 1.165) is 0 Å². The van der Waals surface area contributed by atoms with Crippen LogP contribution < -0.4 is 5.32 Å². The summed E-state index contributed by atoms with van der Waals surface area (Å²) in [6, 6.07) is 0. The standard InChI is InChI=1S/C15H26ClN3O2/c1-7-19-13(16)11(10(4)18-19)14(21)17-8-15(5,6)12(20)9(2)3/h9,12,20H,7-8H2,1-6H3,(H,17,21). The molecular formula is C15H26ClN3O2. The van der Waals surface area contributed by atoms with E-state index in [2.05, 4.69) is 10.4 Å². The first-order chi connectivity index (χ1) is 9.61. The first-order valence-electron chi connectivity index (χ1n) is 7.31. The fourth-order valence-corrected chi connectivity index (χ4v) is 2.80. The van der Waals surface area contributed by atoms with Gasteiger partial charge in [-0.1, -0.05) is 39.3 Å². The minimum atomic E-state index is -0.493. The van der Waals surface area contributed by atoms with Gasteiger partial charge in [0.25, 0.3) is 5.91 Å². The zero-order valence-electron chi connectivity index (χ0n) is 13.7. The molecule has 1 atom stereocenters. The van der Waals surface area contributed by atoms with E-state index in [-0.39, 0.29) is 11.8 Å². The summed E-state index contributed by atoms with van der Waals surface area (Å²) in [5.41, 5.74) is 0.611. The highest BCUT2D eigenvalue weighted by atomic mass is 35.5. The normalized spacial score (nSPS) is 13.6. The number of hydrogen-bond acceptors (Lipinski definition) is 3. The van der Waals surface area contributed by atoms with Crippen LogP contribution in [-0.2, 0) is 6.54 Å². The molecular weight excluding hydrogens is 290 g/mol. The lowest BCUT2D eigenvalue weighted by Crippen LogP contribution is -2.43. The second kappa shape index (κ2) is 6.79. The molecule has 0 aromatic carbocycles. The van der Waals surface area contributed by atoms with E-state index in [9.17, 15) is 9.90 Å². The van der Waals surface area contributed by atoms with Crippen LogP contribution in [0.3, 0.4) is 0 Å². The number of aliphatic hydroxyl groups is 1. The minimum Gasteiger partial charge on any atom is -0.392 e. The van der Waals surface area contributed by atoms with Crippen LogP contribution in [0.4, 0.5) is 0 Å². The highest BCUT2D eigenvalue weighted by Gasteiger charge is 2.31. The number of carbonyl (C=O) groups excluding carboxylic acids is 1. The van der Waals surface area contributed by atoms with Crippen molar-refractivity contribution in [2.45, 2.75) is 54.2 Å². The highest BCUT2D eigenvalue weighted by molar-refractivity contribution is 6.33. The minimum absolute atomic E-state index is 0.130. The zero-order chi connectivity index (χ0) is 16.4. The molecule has 1 heterocycles. The lowest BCUT2D eigenvalue weighted by molar-refractivity contribution is 0.0138. The number of aryl methyl sites for hydroxylation is 2. The molecule has 2 N–H and O–H groups in total. The SMILES string of the molecule is CCn1nc(C)c(C(=O)NCC(C)(C)C(O)C(C)C)c1Cl. The Kier molecular flexibility index (Phi) is 5.82. The summed E-state index contributed by atoms with van der Waals surface area (Å²) in [6.07, 6.45) is -0.493. The van der Waals surface area contributed by atoms with Crippen molar-refractivity contribution in [3.63, 3.8) is 0 Å². The molecule has 0 aliphatic rings. The van der Waals surface area contributed by atoms with E-state index >= 15 is 0 Å². The van der Waals surface area contributed by atoms with Crippen LogP contribution in [0.15, 0.2) is 0 Å². The third-order valence-corrected chi connectivity index (χ3v) is 4.11. The van der Waals surface area contributed by atoms with Crippen molar-refractivity contribution >= 4 is 17.5 Å². The molecule has 1 amide bonds. The van der Waals surface area contributed by atoms with Gasteiger partial charge >= 0.3 is 0 Å². The van der Waals surface area contributed by atoms with Gasteiger partial charge in [-0.25, -0.2) is 0 Å². The Labute approximate surface area is 131 Å². The van der Waals surface area contributed by atoms with Crippen LogP contribution in [0.2, 0.25) is 5.15 Å².